The predicted molar refractivity (Wildman–Crippen MR) is 74.4 cm³/mol. The van der Waals surface area contributed by atoms with Crippen molar-refractivity contribution < 1.29 is 4.79 Å². The molecule has 1 fully saturated rings. The molecule has 1 aromatic carbocycles. The summed E-state index contributed by atoms with van der Waals surface area (Å²) in [5.41, 5.74) is 2.10. The highest BCUT2D eigenvalue weighted by atomic mass is 35.5. The number of carbonyl (C=O) groups excluding carboxylic acids is 1. The van der Waals surface area contributed by atoms with Crippen LogP contribution in [0.2, 0.25) is 0 Å². The zero-order valence-electron chi connectivity index (χ0n) is 10.4. The van der Waals surface area contributed by atoms with E-state index in [2.05, 4.69) is 4.98 Å². The Morgan fingerprint density at radius 2 is 2.11 bits per heavy atom. The number of hydrogen-bond acceptors (Lipinski definition) is 2. The van der Waals surface area contributed by atoms with E-state index in [1.807, 2.05) is 35.0 Å². The van der Waals surface area contributed by atoms with E-state index >= 15 is 0 Å². The molecule has 1 saturated heterocycles. The van der Waals surface area contributed by atoms with Gasteiger partial charge in [-0.3, -0.25) is 4.79 Å². The maximum Gasteiger partial charge on any atom is 0.228 e. The Morgan fingerprint density at radius 1 is 1.32 bits per heavy atom. The van der Waals surface area contributed by atoms with Crippen molar-refractivity contribution in [2.75, 3.05) is 11.4 Å². The minimum atomic E-state index is -0.0712. The molecule has 0 bridgehead atoms. The molecular formula is C14H14ClN3O. The number of carbonyl (C=O) groups is 1. The second-order valence-electron chi connectivity index (χ2n) is 4.71. The van der Waals surface area contributed by atoms with Crippen molar-refractivity contribution in [3.05, 3.63) is 48.5 Å². The van der Waals surface area contributed by atoms with Crippen molar-refractivity contribution in [3.63, 3.8) is 0 Å². The summed E-state index contributed by atoms with van der Waals surface area (Å²) in [4.78, 5) is 17.5. The molecule has 0 saturated carbocycles. The molecule has 2 aromatic rings. The zero-order chi connectivity index (χ0) is 13.2. The van der Waals surface area contributed by atoms with Gasteiger partial charge in [0.1, 0.15) is 0 Å². The van der Waals surface area contributed by atoms with Gasteiger partial charge in [0.25, 0.3) is 0 Å². The van der Waals surface area contributed by atoms with Gasteiger partial charge in [-0.25, -0.2) is 4.98 Å². The number of halogens is 1. The summed E-state index contributed by atoms with van der Waals surface area (Å²) in [7, 11) is 0. The molecule has 0 N–H and O–H groups in total. The molecular weight excluding hydrogens is 262 g/mol. The number of benzene rings is 1. The van der Waals surface area contributed by atoms with Gasteiger partial charge in [-0.05, 0) is 17.7 Å². The van der Waals surface area contributed by atoms with Crippen LogP contribution in [0.3, 0.4) is 0 Å². The van der Waals surface area contributed by atoms with Gasteiger partial charge in [-0.15, -0.1) is 11.6 Å². The van der Waals surface area contributed by atoms with E-state index in [9.17, 15) is 4.79 Å². The lowest BCUT2D eigenvalue weighted by atomic mass is 10.2. The second kappa shape index (κ2) is 5.05. The van der Waals surface area contributed by atoms with Gasteiger partial charge in [0, 0.05) is 37.6 Å². The Kier molecular flexibility index (Phi) is 3.25. The molecule has 0 aliphatic carbocycles. The van der Waals surface area contributed by atoms with E-state index in [0.717, 1.165) is 12.2 Å². The van der Waals surface area contributed by atoms with Crippen molar-refractivity contribution in [2.24, 2.45) is 0 Å². The highest BCUT2D eigenvalue weighted by molar-refractivity contribution is 6.24. The van der Waals surface area contributed by atoms with Gasteiger partial charge in [-0.1, -0.05) is 12.1 Å². The Morgan fingerprint density at radius 3 is 2.68 bits per heavy atom. The van der Waals surface area contributed by atoms with Gasteiger partial charge in [0.15, 0.2) is 0 Å². The third kappa shape index (κ3) is 2.63. The first-order valence-electron chi connectivity index (χ1n) is 6.21. The highest BCUT2D eigenvalue weighted by Gasteiger charge is 2.28. The van der Waals surface area contributed by atoms with E-state index in [0.29, 0.717) is 13.0 Å². The molecule has 1 aliphatic heterocycles. The Hall–Kier alpha value is -1.81. The van der Waals surface area contributed by atoms with E-state index in [-0.39, 0.29) is 11.3 Å². The number of hydrogen-bond donors (Lipinski definition) is 0. The third-order valence-electron chi connectivity index (χ3n) is 3.25. The first-order valence-corrected chi connectivity index (χ1v) is 6.65. The van der Waals surface area contributed by atoms with Crippen LogP contribution in [0.5, 0.6) is 0 Å². The lowest BCUT2D eigenvalue weighted by Crippen LogP contribution is -2.24. The second-order valence-corrected chi connectivity index (χ2v) is 5.32. The standard InChI is InChI=1S/C14H14ClN3O/c15-12-7-14(19)18(9-12)13-3-1-11(2-4-13)8-17-6-5-16-10-17/h1-6,10,12H,7-9H2. The van der Waals surface area contributed by atoms with Crippen LogP contribution in [0.15, 0.2) is 43.0 Å². The summed E-state index contributed by atoms with van der Waals surface area (Å²) in [6.45, 7) is 1.38. The van der Waals surface area contributed by atoms with Crippen LogP contribution in [-0.4, -0.2) is 27.4 Å². The van der Waals surface area contributed by atoms with Gasteiger partial charge >= 0.3 is 0 Å². The Bertz CT molecular complexity index is 565. The lowest BCUT2D eigenvalue weighted by Gasteiger charge is -2.16. The van der Waals surface area contributed by atoms with Gasteiger partial charge in [0.2, 0.25) is 5.91 Å². The van der Waals surface area contributed by atoms with Crippen LogP contribution < -0.4 is 4.90 Å². The molecule has 19 heavy (non-hydrogen) atoms. The van der Waals surface area contributed by atoms with Crippen molar-refractivity contribution in [1.29, 1.82) is 0 Å². The summed E-state index contributed by atoms with van der Waals surface area (Å²) >= 11 is 6.01. The topological polar surface area (TPSA) is 38.1 Å². The van der Waals surface area contributed by atoms with Crippen molar-refractivity contribution in [2.45, 2.75) is 18.3 Å². The summed E-state index contributed by atoms with van der Waals surface area (Å²) in [6, 6.07) is 8.01. The monoisotopic (exact) mass is 275 g/mol. The average Bonchev–Trinajstić information content (AvgIpc) is 3.00. The highest BCUT2D eigenvalue weighted by Crippen LogP contribution is 2.24. The van der Waals surface area contributed by atoms with Gasteiger partial charge < -0.3 is 9.47 Å². The van der Waals surface area contributed by atoms with Crippen LogP contribution in [0.1, 0.15) is 12.0 Å². The molecule has 2 heterocycles. The van der Waals surface area contributed by atoms with E-state index in [1.54, 1.807) is 17.4 Å². The largest absolute Gasteiger partial charge is 0.333 e. The minimum Gasteiger partial charge on any atom is -0.333 e. The van der Waals surface area contributed by atoms with Crippen LogP contribution in [0.4, 0.5) is 5.69 Å². The fourth-order valence-corrected chi connectivity index (χ4v) is 2.56. The zero-order valence-corrected chi connectivity index (χ0v) is 11.1. The first kappa shape index (κ1) is 12.2. The van der Waals surface area contributed by atoms with E-state index in [4.69, 9.17) is 11.6 Å². The molecule has 98 valence electrons. The number of aromatic nitrogens is 2. The molecule has 1 aromatic heterocycles. The van der Waals surface area contributed by atoms with Crippen LogP contribution in [0.25, 0.3) is 0 Å². The number of rotatable bonds is 3. The molecule has 1 amide bonds. The average molecular weight is 276 g/mol. The molecule has 0 spiro atoms. The number of imidazole rings is 1. The van der Waals surface area contributed by atoms with Crippen molar-refractivity contribution >= 4 is 23.2 Å². The lowest BCUT2D eigenvalue weighted by molar-refractivity contribution is -0.117. The number of nitrogens with zero attached hydrogens (tertiary/aromatic N) is 3. The summed E-state index contributed by atoms with van der Waals surface area (Å²) in [5.74, 6) is 0.0994. The van der Waals surface area contributed by atoms with Crippen LogP contribution in [0, 0.1) is 0 Å². The number of alkyl halides is 1. The number of anilines is 1. The SMILES string of the molecule is O=C1CC(Cl)CN1c1ccc(Cn2ccnc2)cc1. The minimum absolute atomic E-state index is 0.0712. The quantitative estimate of drug-likeness (QED) is 0.806. The summed E-state index contributed by atoms with van der Waals surface area (Å²) < 4.78 is 2.00. The normalized spacial score (nSPS) is 19.1. The Labute approximate surface area is 116 Å². The van der Waals surface area contributed by atoms with Crippen LogP contribution >= 0.6 is 11.6 Å². The maximum atomic E-state index is 11.8. The summed E-state index contributed by atoms with van der Waals surface area (Å²) in [5, 5.41) is -0.0712. The van der Waals surface area contributed by atoms with Gasteiger partial charge in [-0.2, -0.15) is 0 Å². The van der Waals surface area contributed by atoms with Crippen molar-refractivity contribution in [1.82, 2.24) is 9.55 Å². The fraction of sp³-hybridized carbons (Fsp3) is 0.286. The van der Waals surface area contributed by atoms with E-state index in [1.165, 1.54) is 5.56 Å². The maximum absolute atomic E-state index is 11.8. The molecule has 1 atom stereocenters. The molecule has 0 radical (unpaired) electrons. The molecule has 1 aliphatic rings. The van der Waals surface area contributed by atoms with Crippen LogP contribution in [-0.2, 0) is 11.3 Å². The predicted octanol–water partition coefficient (Wildman–Crippen LogP) is 2.28. The Balaban J connectivity index is 1.74. The molecule has 1 unspecified atom stereocenters. The van der Waals surface area contributed by atoms with E-state index < -0.39 is 0 Å². The van der Waals surface area contributed by atoms with Crippen molar-refractivity contribution in [3.8, 4) is 0 Å². The smallest absolute Gasteiger partial charge is 0.228 e. The van der Waals surface area contributed by atoms with Gasteiger partial charge in [0.05, 0.1) is 11.7 Å². The molecule has 3 rings (SSSR count). The summed E-state index contributed by atoms with van der Waals surface area (Å²) in [6.07, 6.45) is 5.90. The molecule has 5 heteroatoms. The third-order valence-corrected chi connectivity index (χ3v) is 3.54. The number of amides is 1. The molecule has 4 nitrogen and oxygen atoms in total. The first-order chi connectivity index (χ1) is 9.22. The fourth-order valence-electron chi connectivity index (χ4n) is 2.29.